The minimum absolute atomic E-state index is 0.0673. The van der Waals surface area contributed by atoms with Crippen molar-refractivity contribution < 1.29 is 18.3 Å². The summed E-state index contributed by atoms with van der Waals surface area (Å²) in [5, 5.41) is 0. The Balaban J connectivity index is 2.42. The molecule has 20 heavy (non-hydrogen) atoms. The molecule has 5 heteroatoms. The molecule has 0 radical (unpaired) electrons. The van der Waals surface area contributed by atoms with Crippen molar-refractivity contribution in [3.05, 3.63) is 53.6 Å². The molecule has 0 saturated heterocycles. The van der Waals surface area contributed by atoms with Crippen molar-refractivity contribution in [2.24, 2.45) is 5.73 Å². The van der Waals surface area contributed by atoms with Crippen LogP contribution in [0.3, 0.4) is 0 Å². The van der Waals surface area contributed by atoms with E-state index in [1.54, 1.807) is 25.1 Å². The van der Waals surface area contributed by atoms with Crippen molar-refractivity contribution >= 4 is 0 Å². The van der Waals surface area contributed by atoms with E-state index in [1.807, 2.05) is 0 Å². The molecule has 2 aromatic carbocycles. The predicted octanol–water partition coefficient (Wildman–Crippen LogP) is 3.79. The molecule has 0 aliphatic heterocycles. The fourth-order valence-electron chi connectivity index (χ4n) is 1.95. The quantitative estimate of drug-likeness (QED) is 0.926. The highest BCUT2D eigenvalue weighted by Crippen LogP contribution is 2.35. The highest BCUT2D eigenvalue weighted by atomic mass is 19.1. The second-order valence-electron chi connectivity index (χ2n) is 4.37. The first-order valence-electron chi connectivity index (χ1n) is 6.07. The van der Waals surface area contributed by atoms with Crippen LogP contribution in [0.1, 0.15) is 18.5 Å². The van der Waals surface area contributed by atoms with Crippen LogP contribution >= 0.6 is 0 Å². The van der Waals surface area contributed by atoms with E-state index in [9.17, 15) is 8.78 Å². The molecule has 0 saturated carbocycles. The lowest BCUT2D eigenvalue weighted by molar-refractivity contribution is 0.396. The SMILES string of the molecule is COc1cccc(Oc2cc(F)cc(F)c2)c1C(C)N. The van der Waals surface area contributed by atoms with Crippen molar-refractivity contribution in [2.45, 2.75) is 13.0 Å². The van der Waals surface area contributed by atoms with Gasteiger partial charge in [0, 0.05) is 24.2 Å². The lowest BCUT2D eigenvalue weighted by Crippen LogP contribution is -2.08. The van der Waals surface area contributed by atoms with Crippen LogP contribution in [0.4, 0.5) is 8.78 Å². The molecule has 3 nitrogen and oxygen atoms in total. The van der Waals surface area contributed by atoms with E-state index in [0.29, 0.717) is 17.1 Å². The molecule has 2 N–H and O–H groups in total. The van der Waals surface area contributed by atoms with Gasteiger partial charge in [0.25, 0.3) is 0 Å². The number of rotatable bonds is 4. The van der Waals surface area contributed by atoms with Crippen LogP contribution < -0.4 is 15.2 Å². The Morgan fingerprint density at radius 3 is 2.20 bits per heavy atom. The first-order chi connectivity index (χ1) is 9.51. The lowest BCUT2D eigenvalue weighted by Gasteiger charge is -2.17. The fraction of sp³-hybridized carbons (Fsp3) is 0.200. The second-order valence-corrected chi connectivity index (χ2v) is 4.37. The van der Waals surface area contributed by atoms with E-state index in [0.717, 1.165) is 18.2 Å². The molecule has 0 heterocycles. The monoisotopic (exact) mass is 279 g/mol. The maximum Gasteiger partial charge on any atom is 0.135 e. The zero-order valence-corrected chi connectivity index (χ0v) is 11.2. The molecule has 0 bridgehead atoms. The van der Waals surface area contributed by atoms with Gasteiger partial charge in [0.2, 0.25) is 0 Å². The van der Waals surface area contributed by atoms with Crippen LogP contribution in [0.5, 0.6) is 17.2 Å². The number of methoxy groups -OCH3 is 1. The smallest absolute Gasteiger partial charge is 0.135 e. The van der Waals surface area contributed by atoms with Crippen LogP contribution in [0.2, 0.25) is 0 Å². The van der Waals surface area contributed by atoms with Gasteiger partial charge in [-0.05, 0) is 19.1 Å². The fourth-order valence-corrected chi connectivity index (χ4v) is 1.95. The first-order valence-corrected chi connectivity index (χ1v) is 6.07. The molecule has 0 aliphatic carbocycles. The Morgan fingerprint density at radius 1 is 1.05 bits per heavy atom. The highest BCUT2D eigenvalue weighted by Gasteiger charge is 2.15. The van der Waals surface area contributed by atoms with Crippen molar-refractivity contribution in [3.63, 3.8) is 0 Å². The Bertz CT molecular complexity index is 595. The zero-order valence-electron chi connectivity index (χ0n) is 11.2. The van der Waals surface area contributed by atoms with Gasteiger partial charge in [-0.2, -0.15) is 0 Å². The van der Waals surface area contributed by atoms with Crippen LogP contribution in [-0.2, 0) is 0 Å². The summed E-state index contributed by atoms with van der Waals surface area (Å²) in [6, 6.07) is 7.78. The molecule has 106 valence electrons. The number of nitrogens with two attached hydrogens (primary N) is 1. The van der Waals surface area contributed by atoms with Crippen molar-refractivity contribution in [1.29, 1.82) is 0 Å². The Kier molecular flexibility index (Phi) is 4.20. The van der Waals surface area contributed by atoms with E-state index >= 15 is 0 Å². The molecule has 1 unspecified atom stereocenters. The average molecular weight is 279 g/mol. The molecular formula is C15H15F2NO2. The van der Waals surface area contributed by atoms with Gasteiger partial charge in [-0.15, -0.1) is 0 Å². The number of hydrogen-bond acceptors (Lipinski definition) is 3. The topological polar surface area (TPSA) is 44.5 Å². The first kappa shape index (κ1) is 14.3. The van der Waals surface area contributed by atoms with Crippen molar-refractivity contribution in [3.8, 4) is 17.2 Å². The number of hydrogen-bond donors (Lipinski definition) is 1. The summed E-state index contributed by atoms with van der Waals surface area (Å²) in [4.78, 5) is 0. The normalized spacial score (nSPS) is 12.1. The van der Waals surface area contributed by atoms with Crippen molar-refractivity contribution in [2.75, 3.05) is 7.11 Å². The van der Waals surface area contributed by atoms with Crippen LogP contribution in [0, 0.1) is 11.6 Å². The highest BCUT2D eigenvalue weighted by molar-refractivity contribution is 5.48. The van der Waals surface area contributed by atoms with Gasteiger partial charge in [-0.3, -0.25) is 0 Å². The second kappa shape index (κ2) is 5.88. The summed E-state index contributed by atoms with van der Waals surface area (Å²) in [5.74, 6) is -0.369. The molecule has 0 amide bonds. The zero-order chi connectivity index (χ0) is 14.7. The average Bonchev–Trinajstić information content (AvgIpc) is 2.36. The van der Waals surface area contributed by atoms with E-state index in [-0.39, 0.29) is 11.8 Å². The van der Waals surface area contributed by atoms with E-state index in [1.165, 1.54) is 7.11 Å². The standard InChI is InChI=1S/C15H15F2NO2/c1-9(18)15-13(19-2)4-3-5-14(15)20-12-7-10(16)6-11(17)8-12/h3-9H,18H2,1-2H3. The minimum atomic E-state index is -0.703. The molecule has 2 rings (SSSR count). The van der Waals surface area contributed by atoms with Crippen LogP contribution in [0.15, 0.2) is 36.4 Å². The van der Waals surface area contributed by atoms with E-state index < -0.39 is 11.6 Å². The Morgan fingerprint density at radius 2 is 1.65 bits per heavy atom. The maximum absolute atomic E-state index is 13.2. The summed E-state index contributed by atoms with van der Waals surface area (Å²) < 4.78 is 37.1. The van der Waals surface area contributed by atoms with Gasteiger partial charge >= 0.3 is 0 Å². The van der Waals surface area contributed by atoms with E-state index in [4.69, 9.17) is 15.2 Å². The van der Waals surface area contributed by atoms with Gasteiger partial charge in [-0.25, -0.2) is 8.78 Å². The van der Waals surface area contributed by atoms with Crippen LogP contribution in [0.25, 0.3) is 0 Å². The summed E-state index contributed by atoms with van der Waals surface area (Å²) >= 11 is 0. The van der Waals surface area contributed by atoms with Gasteiger partial charge < -0.3 is 15.2 Å². The number of benzene rings is 2. The Hall–Kier alpha value is -2.14. The number of ether oxygens (including phenoxy) is 2. The number of halogens is 2. The molecular weight excluding hydrogens is 264 g/mol. The summed E-state index contributed by atoms with van der Waals surface area (Å²) in [5.41, 5.74) is 6.53. The van der Waals surface area contributed by atoms with Gasteiger partial charge in [0.05, 0.1) is 12.7 Å². The predicted molar refractivity (Wildman–Crippen MR) is 72.0 cm³/mol. The summed E-state index contributed by atoms with van der Waals surface area (Å²) in [6.45, 7) is 1.77. The van der Waals surface area contributed by atoms with Gasteiger partial charge in [-0.1, -0.05) is 6.07 Å². The van der Waals surface area contributed by atoms with Gasteiger partial charge in [0.1, 0.15) is 28.9 Å². The molecule has 0 fully saturated rings. The third kappa shape index (κ3) is 3.05. The molecule has 0 aliphatic rings. The maximum atomic E-state index is 13.2. The summed E-state index contributed by atoms with van der Waals surface area (Å²) in [7, 11) is 1.52. The van der Waals surface area contributed by atoms with E-state index in [2.05, 4.69) is 0 Å². The summed E-state index contributed by atoms with van der Waals surface area (Å²) in [6.07, 6.45) is 0. The third-order valence-corrected chi connectivity index (χ3v) is 2.77. The van der Waals surface area contributed by atoms with Crippen LogP contribution in [-0.4, -0.2) is 7.11 Å². The third-order valence-electron chi connectivity index (χ3n) is 2.77. The minimum Gasteiger partial charge on any atom is -0.496 e. The molecule has 2 aromatic rings. The lowest BCUT2D eigenvalue weighted by atomic mass is 10.1. The molecule has 0 spiro atoms. The molecule has 1 atom stereocenters. The largest absolute Gasteiger partial charge is 0.496 e. The Labute approximate surface area is 115 Å². The molecule has 0 aromatic heterocycles. The van der Waals surface area contributed by atoms with Gasteiger partial charge in [0.15, 0.2) is 0 Å². The van der Waals surface area contributed by atoms with Crippen molar-refractivity contribution in [1.82, 2.24) is 0 Å².